The van der Waals surface area contributed by atoms with Gasteiger partial charge in [0, 0.05) is 0 Å². The molecular formula is C22H28N6O7. The fourth-order valence-corrected chi connectivity index (χ4v) is 3.30. The van der Waals surface area contributed by atoms with Crippen LogP contribution in [0, 0.1) is 0 Å². The fourth-order valence-electron chi connectivity index (χ4n) is 3.30. The molecule has 2 heterocycles. The van der Waals surface area contributed by atoms with Crippen molar-refractivity contribution < 1.29 is 4.74 Å². The summed E-state index contributed by atoms with van der Waals surface area (Å²) in [5.74, 6) is 0. The SMILES string of the molecule is C=CCn1c(=O)n(CC=C)c(=O)n(CCOCCn2c(=O)n(CC=C)c(=O)n(CC=C)c2=O)c1=O. The summed E-state index contributed by atoms with van der Waals surface area (Å²) in [5, 5.41) is 0. The number of ether oxygens (including phenoxy) is 1. The van der Waals surface area contributed by atoms with E-state index < -0.39 is 34.1 Å². The summed E-state index contributed by atoms with van der Waals surface area (Å²) >= 11 is 0. The molecule has 0 fully saturated rings. The Labute approximate surface area is 198 Å². The van der Waals surface area contributed by atoms with Crippen LogP contribution in [0.1, 0.15) is 0 Å². The Hall–Kier alpha value is -4.26. The second-order valence-electron chi connectivity index (χ2n) is 7.21. The van der Waals surface area contributed by atoms with Crippen LogP contribution in [0.3, 0.4) is 0 Å². The largest absolute Gasteiger partial charge is 0.378 e. The summed E-state index contributed by atoms with van der Waals surface area (Å²) in [5.41, 5.74) is -4.82. The van der Waals surface area contributed by atoms with Gasteiger partial charge in [0.2, 0.25) is 0 Å². The second kappa shape index (κ2) is 12.3. The molecule has 35 heavy (non-hydrogen) atoms. The first-order valence-electron chi connectivity index (χ1n) is 10.6. The molecule has 13 nitrogen and oxygen atoms in total. The van der Waals surface area contributed by atoms with E-state index in [4.69, 9.17) is 4.74 Å². The summed E-state index contributed by atoms with van der Waals surface area (Å²) < 4.78 is 10.6. The van der Waals surface area contributed by atoms with E-state index in [2.05, 4.69) is 26.3 Å². The molecule has 0 N–H and O–H groups in total. The molecule has 0 spiro atoms. The molecule has 13 heteroatoms. The van der Waals surface area contributed by atoms with Gasteiger partial charge in [-0.25, -0.2) is 56.2 Å². The molecule has 2 rings (SSSR count). The lowest BCUT2D eigenvalue weighted by Gasteiger charge is -2.13. The molecule has 0 aliphatic rings. The third-order valence-corrected chi connectivity index (χ3v) is 4.94. The predicted molar refractivity (Wildman–Crippen MR) is 130 cm³/mol. The van der Waals surface area contributed by atoms with Crippen LogP contribution >= 0.6 is 0 Å². The summed E-state index contributed by atoms with van der Waals surface area (Å²) in [6.07, 6.45) is 5.42. The highest BCUT2D eigenvalue weighted by molar-refractivity contribution is 4.86. The molecule has 0 saturated heterocycles. The van der Waals surface area contributed by atoms with Gasteiger partial charge in [-0.15, -0.1) is 26.3 Å². The normalized spacial score (nSPS) is 10.7. The van der Waals surface area contributed by atoms with E-state index in [0.717, 1.165) is 27.4 Å². The number of hydrogen-bond acceptors (Lipinski definition) is 7. The number of hydrogen-bond donors (Lipinski definition) is 0. The van der Waals surface area contributed by atoms with Crippen molar-refractivity contribution >= 4 is 0 Å². The van der Waals surface area contributed by atoms with Crippen LogP contribution in [0.15, 0.2) is 79.4 Å². The third-order valence-electron chi connectivity index (χ3n) is 4.94. The fraction of sp³-hybridized carbons (Fsp3) is 0.364. The van der Waals surface area contributed by atoms with Gasteiger partial charge < -0.3 is 4.74 Å². The van der Waals surface area contributed by atoms with Gasteiger partial charge in [-0.3, -0.25) is 0 Å². The molecule has 188 valence electrons. The maximum Gasteiger partial charge on any atom is 0.336 e. The summed E-state index contributed by atoms with van der Waals surface area (Å²) in [6.45, 7) is 13.1. The molecule has 0 radical (unpaired) electrons. The van der Waals surface area contributed by atoms with Crippen LogP contribution in [-0.4, -0.2) is 40.6 Å². The third kappa shape index (κ3) is 5.63. The van der Waals surface area contributed by atoms with Gasteiger partial charge in [-0.05, 0) is 0 Å². The van der Waals surface area contributed by atoms with Crippen LogP contribution in [-0.2, 0) is 44.0 Å². The van der Waals surface area contributed by atoms with Gasteiger partial charge >= 0.3 is 34.1 Å². The highest BCUT2D eigenvalue weighted by atomic mass is 16.5. The zero-order valence-electron chi connectivity index (χ0n) is 19.3. The van der Waals surface area contributed by atoms with E-state index in [9.17, 15) is 28.8 Å². The summed E-state index contributed by atoms with van der Waals surface area (Å²) in [6, 6.07) is 0. The predicted octanol–water partition coefficient (Wildman–Crippen LogP) is -1.88. The minimum Gasteiger partial charge on any atom is -0.378 e. The molecule has 2 aromatic rings. The molecular weight excluding hydrogens is 460 g/mol. The van der Waals surface area contributed by atoms with Gasteiger partial charge in [-0.1, -0.05) is 24.3 Å². The van der Waals surface area contributed by atoms with E-state index >= 15 is 0 Å². The number of rotatable bonds is 14. The van der Waals surface area contributed by atoms with E-state index in [1.165, 1.54) is 24.3 Å². The molecule has 0 aromatic carbocycles. The van der Waals surface area contributed by atoms with Crippen molar-refractivity contribution in [2.45, 2.75) is 39.3 Å². The van der Waals surface area contributed by atoms with Gasteiger partial charge in [0.15, 0.2) is 0 Å². The smallest absolute Gasteiger partial charge is 0.336 e. The average Bonchev–Trinajstić information content (AvgIpc) is 2.83. The van der Waals surface area contributed by atoms with E-state index in [0.29, 0.717) is 0 Å². The second-order valence-corrected chi connectivity index (χ2v) is 7.21. The highest BCUT2D eigenvalue weighted by Crippen LogP contribution is 1.85. The number of aromatic nitrogens is 6. The zero-order chi connectivity index (χ0) is 26.1. The Balaban J connectivity index is 2.25. The van der Waals surface area contributed by atoms with Crippen LogP contribution in [0.2, 0.25) is 0 Å². The first kappa shape index (κ1) is 27.0. The Bertz CT molecular complexity index is 1270. The Morgan fingerprint density at radius 3 is 0.914 bits per heavy atom. The molecule has 0 aliphatic heterocycles. The molecule has 2 aromatic heterocycles. The highest BCUT2D eigenvalue weighted by Gasteiger charge is 2.15. The average molecular weight is 489 g/mol. The van der Waals surface area contributed by atoms with Crippen molar-refractivity contribution in [3.05, 3.63) is 114 Å². The Kier molecular flexibility index (Phi) is 9.46. The van der Waals surface area contributed by atoms with Gasteiger partial charge in [0.25, 0.3) is 0 Å². The lowest BCUT2D eigenvalue weighted by atomic mass is 10.5. The lowest BCUT2D eigenvalue weighted by molar-refractivity contribution is 0.113. The molecule has 0 bridgehead atoms. The molecule has 0 atom stereocenters. The van der Waals surface area contributed by atoms with Gasteiger partial charge in [0.1, 0.15) is 0 Å². The maximum atomic E-state index is 12.6. The summed E-state index contributed by atoms with van der Waals surface area (Å²) in [7, 11) is 0. The van der Waals surface area contributed by atoms with Crippen LogP contribution in [0.25, 0.3) is 0 Å². The van der Waals surface area contributed by atoms with Crippen molar-refractivity contribution in [3.8, 4) is 0 Å². The van der Waals surface area contributed by atoms with Gasteiger partial charge in [0.05, 0.1) is 52.5 Å². The number of nitrogens with zero attached hydrogens (tertiary/aromatic N) is 6. The van der Waals surface area contributed by atoms with Crippen molar-refractivity contribution in [2.75, 3.05) is 13.2 Å². The van der Waals surface area contributed by atoms with Crippen LogP contribution < -0.4 is 34.1 Å². The molecule has 0 saturated carbocycles. The van der Waals surface area contributed by atoms with Crippen molar-refractivity contribution in [3.63, 3.8) is 0 Å². The van der Waals surface area contributed by atoms with E-state index in [1.807, 2.05) is 0 Å². The van der Waals surface area contributed by atoms with Crippen molar-refractivity contribution in [2.24, 2.45) is 0 Å². The van der Waals surface area contributed by atoms with Crippen LogP contribution in [0.4, 0.5) is 0 Å². The minimum absolute atomic E-state index is 0.0870. The lowest BCUT2D eigenvalue weighted by Crippen LogP contribution is -2.55. The molecule has 0 unspecified atom stereocenters. The zero-order valence-corrected chi connectivity index (χ0v) is 19.3. The van der Waals surface area contributed by atoms with Crippen molar-refractivity contribution in [1.29, 1.82) is 0 Å². The van der Waals surface area contributed by atoms with E-state index in [1.54, 1.807) is 0 Å². The Morgan fingerprint density at radius 1 is 0.457 bits per heavy atom. The van der Waals surface area contributed by atoms with Crippen molar-refractivity contribution in [1.82, 2.24) is 27.4 Å². The standard InChI is InChI=1S/C22H28N6O7/c1-5-9-23-17(29)24(10-6-2)20(32)27(19(23)31)13-15-35-16-14-28-21(33)25(11-7-3)18(30)26(12-8-4)22(28)34/h5-8H,1-4,9-16H2. The summed E-state index contributed by atoms with van der Waals surface area (Å²) in [4.78, 5) is 75.2. The molecule has 0 amide bonds. The Morgan fingerprint density at radius 2 is 0.686 bits per heavy atom. The number of allylic oxidation sites excluding steroid dienone is 4. The first-order valence-corrected chi connectivity index (χ1v) is 10.6. The van der Waals surface area contributed by atoms with Crippen LogP contribution in [0.5, 0.6) is 0 Å². The van der Waals surface area contributed by atoms with E-state index in [-0.39, 0.29) is 52.5 Å². The van der Waals surface area contributed by atoms with Gasteiger partial charge in [-0.2, -0.15) is 0 Å². The monoisotopic (exact) mass is 488 g/mol. The maximum absolute atomic E-state index is 12.6. The topological polar surface area (TPSA) is 141 Å². The quantitative estimate of drug-likeness (QED) is 0.224. The first-order chi connectivity index (χ1) is 16.7. The minimum atomic E-state index is -0.816. The molecule has 0 aliphatic carbocycles.